The Balaban J connectivity index is 1.56. The third-order valence-corrected chi connectivity index (χ3v) is 4.62. The maximum atomic E-state index is 6.07. The normalized spacial score (nSPS) is 13.2. The average molecular weight is 369 g/mol. The summed E-state index contributed by atoms with van der Waals surface area (Å²) in [5.41, 5.74) is 2.04. The van der Waals surface area contributed by atoms with E-state index in [0.717, 1.165) is 22.8 Å². The Hall–Kier alpha value is -2.05. The number of halogens is 2. The van der Waals surface area contributed by atoms with Crippen molar-refractivity contribution < 1.29 is 9.47 Å². The van der Waals surface area contributed by atoms with Crippen molar-refractivity contribution >= 4 is 29.2 Å². The number of hydrogen-bond acceptors (Lipinski definition) is 3. The van der Waals surface area contributed by atoms with Gasteiger partial charge in [0.05, 0.1) is 11.6 Å². The fourth-order valence-corrected chi connectivity index (χ4v) is 2.81. The molecule has 6 nitrogen and oxygen atoms in total. The summed E-state index contributed by atoms with van der Waals surface area (Å²) in [4.78, 5) is 4.21. The summed E-state index contributed by atoms with van der Waals surface area (Å²) in [6, 6.07) is 7.69. The Morgan fingerprint density at radius 1 is 1.17 bits per heavy atom. The molecule has 1 aliphatic heterocycles. The van der Waals surface area contributed by atoms with Crippen LogP contribution in [0, 0.1) is 0 Å². The molecule has 0 saturated heterocycles. The highest BCUT2D eigenvalue weighted by Crippen LogP contribution is 2.32. The highest BCUT2D eigenvalue weighted by Gasteiger charge is 2.13. The topological polar surface area (TPSA) is 59.8 Å². The highest BCUT2D eigenvalue weighted by atomic mass is 35.5. The van der Waals surface area contributed by atoms with Crippen molar-refractivity contribution in [2.24, 2.45) is 12.0 Å². The van der Waals surface area contributed by atoms with Crippen molar-refractivity contribution in [2.75, 3.05) is 13.8 Å². The summed E-state index contributed by atoms with van der Waals surface area (Å²) in [5.74, 6) is 2.23. The van der Waals surface area contributed by atoms with Gasteiger partial charge in [-0.15, -0.1) is 0 Å². The van der Waals surface area contributed by atoms with Crippen molar-refractivity contribution in [2.45, 2.75) is 13.1 Å². The van der Waals surface area contributed by atoms with Gasteiger partial charge < -0.3 is 24.7 Å². The van der Waals surface area contributed by atoms with E-state index in [2.05, 4.69) is 15.6 Å². The van der Waals surface area contributed by atoms with E-state index in [0.29, 0.717) is 29.2 Å². The quantitative estimate of drug-likeness (QED) is 0.643. The van der Waals surface area contributed by atoms with Gasteiger partial charge in [-0.2, -0.15) is 0 Å². The SMILES string of the molecule is CN=C(NCc1ccc2c(c1)OCO2)NCc1cc(Cl)c(Cl)n1C. The first-order valence-corrected chi connectivity index (χ1v) is 8.16. The largest absolute Gasteiger partial charge is 0.454 e. The van der Waals surface area contributed by atoms with Gasteiger partial charge in [0.1, 0.15) is 5.15 Å². The molecule has 1 aromatic heterocycles. The van der Waals surface area contributed by atoms with Crippen molar-refractivity contribution in [3.8, 4) is 11.5 Å². The lowest BCUT2D eigenvalue weighted by Gasteiger charge is -2.13. The summed E-state index contributed by atoms with van der Waals surface area (Å²) < 4.78 is 12.5. The number of guanidine groups is 1. The van der Waals surface area contributed by atoms with Crippen LogP contribution in [0.2, 0.25) is 10.2 Å². The predicted molar refractivity (Wildman–Crippen MR) is 95.0 cm³/mol. The van der Waals surface area contributed by atoms with Crippen LogP contribution in [0.5, 0.6) is 11.5 Å². The molecule has 24 heavy (non-hydrogen) atoms. The van der Waals surface area contributed by atoms with Gasteiger partial charge in [0.2, 0.25) is 6.79 Å². The molecule has 2 N–H and O–H groups in total. The number of hydrogen-bond donors (Lipinski definition) is 2. The van der Waals surface area contributed by atoms with Crippen molar-refractivity contribution in [1.82, 2.24) is 15.2 Å². The molecule has 8 heteroatoms. The minimum Gasteiger partial charge on any atom is -0.454 e. The van der Waals surface area contributed by atoms with Gasteiger partial charge >= 0.3 is 0 Å². The summed E-state index contributed by atoms with van der Waals surface area (Å²) in [7, 11) is 3.59. The molecule has 1 aliphatic rings. The molecular weight excluding hydrogens is 351 g/mol. The van der Waals surface area contributed by atoms with Crippen LogP contribution in [-0.2, 0) is 20.1 Å². The summed E-state index contributed by atoms with van der Waals surface area (Å²) in [6.07, 6.45) is 0. The van der Waals surface area contributed by atoms with E-state index in [-0.39, 0.29) is 6.79 Å². The van der Waals surface area contributed by atoms with Crippen LogP contribution in [0.4, 0.5) is 0 Å². The fourth-order valence-electron chi connectivity index (χ4n) is 2.39. The second-order valence-electron chi connectivity index (χ2n) is 5.30. The zero-order valence-electron chi connectivity index (χ0n) is 13.4. The molecule has 0 aliphatic carbocycles. The van der Waals surface area contributed by atoms with E-state index < -0.39 is 0 Å². The predicted octanol–water partition coefficient (Wildman–Crippen LogP) is 2.93. The molecule has 0 amide bonds. The molecule has 0 spiro atoms. The first-order chi connectivity index (χ1) is 11.6. The standard InChI is InChI=1S/C16H18Cl2N4O2/c1-19-16(21-8-11-6-12(17)15(18)22(11)2)20-7-10-3-4-13-14(5-10)24-9-23-13/h3-6H,7-9H2,1-2H3,(H2,19,20,21). The molecule has 0 saturated carbocycles. The lowest BCUT2D eigenvalue weighted by Crippen LogP contribution is -2.36. The number of rotatable bonds is 4. The third-order valence-electron chi connectivity index (χ3n) is 3.77. The molecule has 3 rings (SSSR count). The van der Waals surface area contributed by atoms with E-state index in [9.17, 15) is 0 Å². The van der Waals surface area contributed by atoms with Crippen molar-refractivity contribution in [1.29, 1.82) is 0 Å². The van der Waals surface area contributed by atoms with E-state index in [4.69, 9.17) is 32.7 Å². The van der Waals surface area contributed by atoms with Crippen LogP contribution in [0.3, 0.4) is 0 Å². The fraction of sp³-hybridized carbons (Fsp3) is 0.312. The summed E-state index contributed by atoms with van der Waals surface area (Å²) in [6.45, 7) is 1.45. The van der Waals surface area contributed by atoms with Gasteiger partial charge in [-0.1, -0.05) is 29.3 Å². The smallest absolute Gasteiger partial charge is 0.231 e. The minimum absolute atomic E-state index is 0.275. The number of aliphatic imine (C=N–C) groups is 1. The first kappa shape index (κ1) is 16.8. The second kappa shape index (κ2) is 7.23. The molecule has 2 heterocycles. The van der Waals surface area contributed by atoms with Crippen molar-refractivity contribution in [3.05, 3.63) is 45.7 Å². The summed E-state index contributed by atoms with van der Waals surface area (Å²) >= 11 is 12.1. The van der Waals surface area contributed by atoms with E-state index >= 15 is 0 Å². The van der Waals surface area contributed by atoms with Gasteiger partial charge in [-0.3, -0.25) is 4.99 Å². The van der Waals surface area contributed by atoms with Crippen LogP contribution < -0.4 is 20.1 Å². The van der Waals surface area contributed by atoms with Gasteiger partial charge in [-0.25, -0.2) is 0 Å². The minimum atomic E-state index is 0.275. The van der Waals surface area contributed by atoms with Gasteiger partial charge in [0.25, 0.3) is 0 Å². The van der Waals surface area contributed by atoms with Gasteiger partial charge in [0, 0.05) is 26.3 Å². The highest BCUT2D eigenvalue weighted by molar-refractivity contribution is 6.41. The Bertz CT molecular complexity index is 774. The summed E-state index contributed by atoms with van der Waals surface area (Å²) in [5, 5.41) is 7.56. The molecule has 0 bridgehead atoms. The van der Waals surface area contributed by atoms with Crippen LogP contribution >= 0.6 is 23.2 Å². The van der Waals surface area contributed by atoms with Gasteiger partial charge in [-0.05, 0) is 23.8 Å². The first-order valence-electron chi connectivity index (χ1n) is 7.41. The number of nitrogens with zero attached hydrogens (tertiary/aromatic N) is 2. The molecule has 0 radical (unpaired) electrons. The number of ether oxygens (including phenoxy) is 2. The lowest BCUT2D eigenvalue weighted by molar-refractivity contribution is 0.174. The molecule has 128 valence electrons. The van der Waals surface area contributed by atoms with E-state index in [1.807, 2.05) is 35.9 Å². The van der Waals surface area contributed by atoms with Gasteiger partial charge in [0.15, 0.2) is 17.5 Å². The Labute approximate surface area is 150 Å². The number of benzene rings is 1. The van der Waals surface area contributed by atoms with Crippen LogP contribution in [0.25, 0.3) is 0 Å². The molecule has 2 aromatic rings. The number of aromatic nitrogens is 1. The van der Waals surface area contributed by atoms with Crippen molar-refractivity contribution in [3.63, 3.8) is 0 Å². The Morgan fingerprint density at radius 3 is 2.62 bits per heavy atom. The molecule has 0 atom stereocenters. The molecule has 0 fully saturated rings. The second-order valence-corrected chi connectivity index (χ2v) is 6.07. The van der Waals surface area contributed by atoms with Crippen LogP contribution in [0.15, 0.2) is 29.3 Å². The average Bonchev–Trinajstić information content (AvgIpc) is 3.15. The lowest BCUT2D eigenvalue weighted by atomic mass is 10.2. The molecule has 0 unspecified atom stereocenters. The monoisotopic (exact) mass is 368 g/mol. The molecular formula is C16H18Cl2N4O2. The third kappa shape index (κ3) is 3.55. The zero-order valence-corrected chi connectivity index (χ0v) is 14.9. The molecule has 1 aromatic carbocycles. The van der Waals surface area contributed by atoms with E-state index in [1.54, 1.807) is 7.05 Å². The number of nitrogens with one attached hydrogen (secondary N) is 2. The maximum absolute atomic E-state index is 6.07. The van der Waals surface area contributed by atoms with Crippen LogP contribution in [-0.4, -0.2) is 24.4 Å². The van der Waals surface area contributed by atoms with Crippen LogP contribution in [0.1, 0.15) is 11.3 Å². The maximum Gasteiger partial charge on any atom is 0.231 e. The Kier molecular flexibility index (Phi) is 5.06. The number of fused-ring (bicyclic) bond motifs is 1. The zero-order chi connectivity index (χ0) is 17.1. The Morgan fingerprint density at radius 2 is 1.92 bits per heavy atom. The van der Waals surface area contributed by atoms with E-state index in [1.165, 1.54) is 0 Å².